The molecule has 1 unspecified atom stereocenters. The maximum atomic E-state index is 11.4. The second-order valence-electron chi connectivity index (χ2n) is 5.33. The van der Waals surface area contributed by atoms with Crippen LogP contribution in [-0.4, -0.2) is 49.6 Å². The van der Waals surface area contributed by atoms with Crippen molar-refractivity contribution in [3.63, 3.8) is 0 Å². The van der Waals surface area contributed by atoms with Gasteiger partial charge in [-0.25, -0.2) is 0 Å². The molecule has 5 heteroatoms. The highest BCUT2D eigenvalue weighted by atomic mass is 16.5. The minimum atomic E-state index is -0.274. The molecule has 1 amide bonds. The van der Waals surface area contributed by atoms with Crippen LogP contribution in [0.2, 0.25) is 0 Å². The van der Waals surface area contributed by atoms with Crippen molar-refractivity contribution >= 4 is 5.91 Å². The van der Waals surface area contributed by atoms with Crippen LogP contribution in [0.15, 0.2) is 18.2 Å². The highest BCUT2D eigenvalue weighted by Gasteiger charge is 2.26. The van der Waals surface area contributed by atoms with Crippen molar-refractivity contribution < 1.29 is 9.53 Å². The Morgan fingerprint density at radius 2 is 2.10 bits per heavy atom. The van der Waals surface area contributed by atoms with E-state index in [2.05, 4.69) is 30.1 Å². The molecule has 2 rings (SSSR count). The quantitative estimate of drug-likeness (QED) is 0.819. The van der Waals surface area contributed by atoms with Crippen LogP contribution in [0.3, 0.4) is 0 Å². The van der Waals surface area contributed by atoms with Crippen LogP contribution in [0, 0.1) is 13.8 Å². The Morgan fingerprint density at radius 1 is 1.40 bits per heavy atom. The van der Waals surface area contributed by atoms with Crippen LogP contribution in [0.4, 0.5) is 0 Å². The van der Waals surface area contributed by atoms with Crippen molar-refractivity contribution in [3.8, 4) is 5.75 Å². The lowest BCUT2D eigenvalue weighted by Gasteiger charge is -2.33. The zero-order valence-corrected chi connectivity index (χ0v) is 12.2. The Balaban J connectivity index is 1.86. The summed E-state index contributed by atoms with van der Waals surface area (Å²) >= 11 is 0. The molecule has 1 heterocycles. The van der Waals surface area contributed by atoms with Crippen molar-refractivity contribution in [2.75, 3.05) is 32.8 Å². The molecule has 1 atom stereocenters. The topological polar surface area (TPSA) is 67.6 Å². The molecule has 1 fully saturated rings. The third-order valence-electron chi connectivity index (χ3n) is 3.53. The minimum Gasteiger partial charge on any atom is -0.492 e. The van der Waals surface area contributed by atoms with Crippen LogP contribution in [0.1, 0.15) is 11.1 Å². The number of nitrogens with zero attached hydrogens (tertiary/aromatic N) is 1. The first kappa shape index (κ1) is 14.8. The number of amides is 1. The van der Waals surface area contributed by atoms with E-state index in [1.54, 1.807) is 0 Å². The Morgan fingerprint density at radius 3 is 2.75 bits per heavy atom. The number of rotatable bonds is 5. The van der Waals surface area contributed by atoms with E-state index in [9.17, 15) is 4.79 Å². The first-order valence-corrected chi connectivity index (χ1v) is 7.01. The zero-order valence-electron chi connectivity index (χ0n) is 12.2. The monoisotopic (exact) mass is 277 g/mol. The molecule has 0 spiro atoms. The van der Waals surface area contributed by atoms with Gasteiger partial charge in [0, 0.05) is 26.2 Å². The molecule has 1 aromatic carbocycles. The van der Waals surface area contributed by atoms with Crippen molar-refractivity contribution in [2.24, 2.45) is 5.73 Å². The van der Waals surface area contributed by atoms with E-state index in [0.29, 0.717) is 19.7 Å². The molecule has 0 aromatic heterocycles. The first-order chi connectivity index (χ1) is 9.56. The van der Waals surface area contributed by atoms with E-state index in [4.69, 9.17) is 10.5 Å². The standard InChI is InChI=1S/C15H23N3O2/c1-11-7-12(2)9-13(8-11)20-6-5-18-4-3-17-10-14(18)15(16)19/h7-9,14,17H,3-6,10H2,1-2H3,(H2,16,19). The zero-order chi connectivity index (χ0) is 14.5. The second kappa shape index (κ2) is 6.72. The summed E-state index contributed by atoms with van der Waals surface area (Å²) in [5.41, 5.74) is 7.80. The van der Waals surface area contributed by atoms with E-state index < -0.39 is 0 Å². The summed E-state index contributed by atoms with van der Waals surface area (Å²) in [4.78, 5) is 13.5. The van der Waals surface area contributed by atoms with Crippen LogP contribution >= 0.6 is 0 Å². The average Bonchev–Trinajstić information content (AvgIpc) is 2.38. The van der Waals surface area contributed by atoms with Gasteiger partial charge in [0.2, 0.25) is 5.91 Å². The molecule has 1 aromatic rings. The van der Waals surface area contributed by atoms with E-state index in [0.717, 1.165) is 18.8 Å². The highest BCUT2D eigenvalue weighted by molar-refractivity contribution is 5.80. The maximum Gasteiger partial charge on any atom is 0.236 e. The molecule has 5 nitrogen and oxygen atoms in total. The maximum absolute atomic E-state index is 11.4. The lowest BCUT2D eigenvalue weighted by Crippen LogP contribution is -2.57. The summed E-state index contributed by atoms with van der Waals surface area (Å²) in [5.74, 6) is 0.608. The average molecular weight is 277 g/mol. The van der Waals surface area contributed by atoms with Crippen LogP contribution in [0.5, 0.6) is 5.75 Å². The van der Waals surface area contributed by atoms with Crippen molar-refractivity contribution in [2.45, 2.75) is 19.9 Å². The molecule has 1 aliphatic heterocycles. The second-order valence-corrected chi connectivity index (χ2v) is 5.33. The molecule has 0 saturated carbocycles. The number of hydrogen-bond donors (Lipinski definition) is 2. The number of primary amides is 1. The largest absolute Gasteiger partial charge is 0.492 e. The van der Waals surface area contributed by atoms with Gasteiger partial charge in [-0.15, -0.1) is 0 Å². The van der Waals surface area contributed by atoms with Gasteiger partial charge in [0.1, 0.15) is 18.4 Å². The van der Waals surface area contributed by atoms with Gasteiger partial charge in [0.15, 0.2) is 0 Å². The van der Waals surface area contributed by atoms with Gasteiger partial charge in [-0.05, 0) is 37.1 Å². The fourth-order valence-electron chi connectivity index (χ4n) is 2.59. The Hall–Kier alpha value is -1.59. The van der Waals surface area contributed by atoms with Crippen molar-refractivity contribution in [3.05, 3.63) is 29.3 Å². The fraction of sp³-hybridized carbons (Fsp3) is 0.533. The SMILES string of the molecule is Cc1cc(C)cc(OCCN2CCNCC2C(N)=O)c1. The number of nitrogens with one attached hydrogen (secondary N) is 1. The van der Waals surface area contributed by atoms with Crippen molar-refractivity contribution in [1.82, 2.24) is 10.2 Å². The number of aryl methyl sites for hydroxylation is 2. The lowest BCUT2D eigenvalue weighted by atomic mass is 10.1. The van der Waals surface area contributed by atoms with E-state index in [1.165, 1.54) is 11.1 Å². The fourth-order valence-corrected chi connectivity index (χ4v) is 2.59. The van der Waals surface area contributed by atoms with Gasteiger partial charge in [0.05, 0.1) is 0 Å². The van der Waals surface area contributed by atoms with Gasteiger partial charge < -0.3 is 15.8 Å². The number of ether oxygens (including phenoxy) is 1. The number of carbonyl (C=O) groups excluding carboxylic acids is 1. The Kier molecular flexibility index (Phi) is 4.98. The molecule has 1 saturated heterocycles. The lowest BCUT2D eigenvalue weighted by molar-refractivity contribution is -0.123. The molecule has 110 valence electrons. The summed E-state index contributed by atoms with van der Waals surface area (Å²) in [6.07, 6.45) is 0. The number of nitrogens with two attached hydrogens (primary N) is 1. The summed E-state index contributed by atoms with van der Waals surface area (Å²) in [7, 11) is 0. The number of piperazine rings is 1. The Labute approximate surface area is 120 Å². The van der Waals surface area contributed by atoms with Gasteiger partial charge in [-0.3, -0.25) is 9.69 Å². The predicted molar refractivity (Wildman–Crippen MR) is 78.8 cm³/mol. The van der Waals surface area contributed by atoms with E-state index >= 15 is 0 Å². The Bertz CT molecular complexity index is 456. The summed E-state index contributed by atoms with van der Waals surface area (Å²) in [6.45, 7) is 7.71. The molecule has 0 radical (unpaired) electrons. The van der Waals surface area contributed by atoms with E-state index in [1.807, 2.05) is 12.1 Å². The number of hydrogen-bond acceptors (Lipinski definition) is 4. The van der Waals surface area contributed by atoms with Crippen LogP contribution < -0.4 is 15.8 Å². The summed E-state index contributed by atoms with van der Waals surface area (Å²) in [6, 6.07) is 5.94. The first-order valence-electron chi connectivity index (χ1n) is 7.01. The summed E-state index contributed by atoms with van der Waals surface area (Å²) < 4.78 is 5.78. The molecule has 1 aliphatic rings. The summed E-state index contributed by atoms with van der Waals surface area (Å²) in [5, 5.41) is 3.19. The molecule has 0 bridgehead atoms. The normalized spacial score (nSPS) is 19.8. The predicted octanol–water partition coefficient (Wildman–Crippen LogP) is 0.441. The van der Waals surface area contributed by atoms with Crippen LogP contribution in [-0.2, 0) is 4.79 Å². The molecule has 3 N–H and O–H groups in total. The highest BCUT2D eigenvalue weighted by Crippen LogP contribution is 2.16. The van der Waals surface area contributed by atoms with Gasteiger partial charge >= 0.3 is 0 Å². The molecule has 0 aliphatic carbocycles. The molecular weight excluding hydrogens is 254 g/mol. The minimum absolute atomic E-state index is 0.230. The number of benzene rings is 1. The smallest absolute Gasteiger partial charge is 0.236 e. The van der Waals surface area contributed by atoms with Crippen LogP contribution in [0.25, 0.3) is 0 Å². The van der Waals surface area contributed by atoms with Gasteiger partial charge in [0.25, 0.3) is 0 Å². The van der Waals surface area contributed by atoms with Gasteiger partial charge in [-0.1, -0.05) is 6.07 Å². The van der Waals surface area contributed by atoms with Crippen molar-refractivity contribution in [1.29, 1.82) is 0 Å². The molecule has 20 heavy (non-hydrogen) atoms. The van der Waals surface area contributed by atoms with E-state index in [-0.39, 0.29) is 11.9 Å². The molecular formula is C15H23N3O2. The van der Waals surface area contributed by atoms with Gasteiger partial charge in [-0.2, -0.15) is 0 Å². The third kappa shape index (κ3) is 3.95. The third-order valence-corrected chi connectivity index (χ3v) is 3.53. The number of carbonyl (C=O) groups is 1.